The van der Waals surface area contributed by atoms with Crippen molar-refractivity contribution in [3.8, 4) is 0 Å². The standard InChI is InChI=1S/C25H34N6O3/c1-25(2)16-31(19-10-5-6-11-19)21-20(30(3)23(25)33)15-27-24(29-21)28-18-9-7-8-17(14-18)22(32)26-12-13-34-4/h7-9,14-15,19H,5-6,10-13,16H2,1-4H3,(H,26,32)(H,27,28,29). The number of rotatable bonds is 7. The summed E-state index contributed by atoms with van der Waals surface area (Å²) in [7, 11) is 3.39. The number of nitrogens with one attached hydrogen (secondary N) is 2. The van der Waals surface area contributed by atoms with Gasteiger partial charge in [0.2, 0.25) is 11.9 Å². The summed E-state index contributed by atoms with van der Waals surface area (Å²) in [4.78, 5) is 38.9. The molecule has 2 aromatic rings. The minimum atomic E-state index is -0.532. The molecule has 2 aliphatic rings. The first-order valence-electron chi connectivity index (χ1n) is 11.9. The van der Waals surface area contributed by atoms with E-state index in [2.05, 4.69) is 20.5 Å². The summed E-state index contributed by atoms with van der Waals surface area (Å²) in [5, 5.41) is 6.06. The number of fused-ring (bicyclic) bond motifs is 1. The Morgan fingerprint density at radius 1 is 1.26 bits per heavy atom. The number of amides is 2. The molecule has 182 valence electrons. The molecule has 0 bridgehead atoms. The molecule has 1 aliphatic heterocycles. The highest BCUT2D eigenvalue weighted by Crippen LogP contribution is 2.40. The molecule has 1 aromatic heterocycles. The molecule has 1 aliphatic carbocycles. The van der Waals surface area contributed by atoms with Crippen molar-refractivity contribution in [2.24, 2.45) is 5.41 Å². The highest BCUT2D eigenvalue weighted by atomic mass is 16.5. The quantitative estimate of drug-likeness (QED) is 0.604. The molecule has 9 nitrogen and oxygen atoms in total. The Morgan fingerprint density at radius 3 is 2.76 bits per heavy atom. The number of hydrogen-bond donors (Lipinski definition) is 2. The molecule has 0 atom stereocenters. The van der Waals surface area contributed by atoms with Crippen LogP contribution in [0.2, 0.25) is 0 Å². The average molecular weight is 467 g/mol. The molecule has 1 saturated carbocycles. The molecule has 2 amide bonds. The Labute approximate surface area is 200 Å². The number of carbonyl (C=O) groups is 2. The van der Waals surface area contributed by atoms with Gasteiger partial charge in [0.15, 0.2) is 5.82 Å². The molecule has 2 heterocycles. The molecule has 1 fully saturated rings. The Hall–Kier alpha value is -3.20. The molecule has 2 N–H and O–H groups in total. The molecule has 9 heteroatoms. The molecule has 34 heavy (non-hydrogen) atoms. The van der Waals surface area contributed by atoms with Crippen LogP contribution < -0.4 is 20.4 Å². The van der Waals surface area contributed by atoms with Gasteiger partial charge in [-0.2, -0.15) is 4.98 Å². The predicted octanol–water partition coefficient (Wildman–Crippen LogP) is 3.35. The highest BCUT2D eigenvalue weighted by molar-refractivity contribution is 6.01. The Morgan fingerprint density at radius 2 is 2.03 bits per heavy atom. The van der Waals surface area contributed by atoms with Gasteiger partial charge in [-0.25, -0.2) is 4.98 Å². The van der Waals surface area contributed by atoms with Crippen molar-refractivity contribution in [3.63, 3.8) is 0 Å². The van der Waals surface area contributed by atoms with Crippen LogP contribution in [0.15, 0.2) is 30.5 Å². The van der Waals surface area contributed by atoms with E-state index in [4.69, 9.17) is 9.72 Å². The van der Waals surface area contributed by atoms with Gasteiger partial charge < -0.3 is 25.2 Å². The van der Waals surface area contributed by atoms with E-state index in [0.29, 0.717) is 42.9 Å². The molecule has 1 aromatic carbocycles. The van der Waals surface area contributed by atoms with Crippen LogP contribution in [0, 0.1) is 5.41 Å². The van der Waals surface area contributed by atoms with Crippen LogP contribution in [0.3, 0.4) is 0 Å². The van der Waals surface area contributed by atoms with Gasteiger partial charge in [-0.3, -0.25) is 9.59 Å². The Balaban J connectivity index is 1.62. The van der Waals surface area contributed by atoms with E-state index in [1.807, 2.05) is 26.0 Å². The van der Waals surface area contributed by atoms with Crippen LogP contribution in [0.5, 0.6) is 0 Å². The summed E-state index contributed by atoms with van der Waals surface area (Å²) >= 11 is 0. The summed E-state index contributed by atoms with van der Waals surface area (Å²) in [6, 6.07) is 7.57. The zero-order valence-corrected chi connectivity index (χ0v) is 20.4. The summed E-state index contributed by atoms with van der Waals surface area (Å²) in [6.07, 6.45) is 6.29. The lowest BCUT2D eigenvalue weighted by Crippen LogP contribution is -2.45. The van der Waals surface area contributed by atoms with Crippen LogP contribution in [-0.4, -0.2) is 61.7 Å². The summed E-state index contributed by atoms with van der Waals surface area (Å²) in [5.41, 5.74) is 1.44. The monoisotopic (exact) mass is 466 g/mol. The average Bonchev–Trinajstić information content (AvgIpc) is 3.34. The fourth-order valence-corrected chi connectivity index (χ4v) is 4.76. The zero-order valence-electron chi connectivity index (χ0n) is 20.4. The van der Waals surface area contributed by atoms with Gasteiger partial charge in [-0.15, -0.1) is 0 Å². The Kier molecular flexibility index (Phi) is 7.02. The van der Waals surface area contributed by atoms with E-state index in [9.17, 15) is 9.59 Å². The number of aromatic nitrogens is 2. The van der Waals surface area contributed by atoms with Crippen molar-refractivity contribution >= 4 is 35.0 Å². The lowest BCUT2D eigenvalue weighted by molar-refractivity contribution is -0.125. The molecule has 0 spiro atoms. The lowest BCUT2D eigenvalue weighted by Gasteiger charge is -2.34. The number of nitrogens with zero attached hydrogens (tertiary/aromatic N) is 4. The van der Waals surface area contributed by atoms with Gasteiger partial charge in [0.05, 0.1) is 18.2 Å². The number of methoxy groups -OCH3 is 1. The maximum Gasteiger partial charge on any atom is 0.251 e. The second-order valence-electron chi connectivity index (χ2n) is 9.67. The maximum atomic E-state index is 13.1. The second kappa shape index (κ2) is 9.97. The first-order valence-corrected chi connectivity index (χ1v) is 11.9. The smallest absolute Gasteiger partial charge is 0.251 e. The van der Waals surface area contributed by atoms with Crippen molar-refractivity contribution in [1.29, 1.82) is 0 Å². The molecular formula is C25H34N6O3. The van der Waals surface area contributed by atoms with Gasteiger partial charge in [-0.1, -0.05) is 18.9 Å². The van der Waals surface area contributed by atoms with Crippen molar-refractivity contribution < 1.29 is 14.3 Å². The molecule has 4 rings (SSSR count). The maximum absolute atomic E-state index is 13.1. The van der Waals surface area contributed by atoms with E-state index in [1.54, 1.807) is 37.4 Å². The number of benzene rings is 1. The normalized spacial score (nSPS) is 17.9. The van der Waals surface area contributed by atoms with Gasteiger partial charge in [-0.05, 0) is 44.9 Å². The van der Waals surface area contributed by atoms with Crippen LogP contribution in [-0.2, 0) is 9.53 Å². The van der Waals surface area contributed by atoms with E-state index in [0.717, 1.165) is 24.3 Å². The molecule has 0 unspecified atom stereocenters. The summed E-state index contributed by atoms with van der Waals surface area (Å²) < 4.78 is 4.99. The number of anilines is 4. The first kappa shape index (κ1) is 23.9. The lowest BCUT2D eigenvalue weighted by atomic mass is 9.91. The summed E-state index contributed by atoms with van der Waals surface area (Å²) in [5.74, 6) is 1.10. The van der Waals surface area contributed by atoms with Gasteiger partial charge in [0.1, 0.15) is 5.69 Å². The van der Waals surface area contributed by atoms with Gasteiger partial charge >= 0.3 is 0 Å². The molecule has 0 radical (unpaired) electrons. The van der Waals surface area contributed by atoms with Gasteiger partial charge in [0, 0.05) is 44.5 Å². The van der Waals surface area contributed by atoms with Crippen molar-refractivity contribution in [1.82, 2.24) is 15.3 Å². The van der Waals surface area contributed by atoms with E-state index in [-0.39, 0.29) is 11.8 Å². The minimum absolute atomic E-state index is 0.0609. The third kappa shape index (κ3) is 4.99. The van der Waals surface area contributed by atoms with Crippen molar-refractivity contribution in [2.75, 3.05) is 49.0 Å². The third-order valence-corrected chi connectivity index (χ3v) is 6.57. The van der Waals surface area contributed by atoms with Gasteiger partial charge in [0.25, 0.3) is 5.91 Å². The van der Waals surface area contributed by atoms with Crippen molar-refractivity contribution in [3.05, 3.63) is 36.0 Å². The summed E-state index contributed by atoms with van der Waals surface area (Å²) in [6.45, 7) is 5.50. The zero-order chi connectivity index (χ0) is 24.3. The fourth-order valence-electron chi connectivity index (χ4n) is 4.76. The number of hydrogen-bond acceptors (Lipinski definition) is 7. The fraction of sp³-hybridized carbons (Fsp3) is 0.520. The van der Waals surface area contributed by atoms with Crippen LogP contribution in [0.1, 0.15) is 49.9 Å². The minimum Gasteiger partial charge on any atom is -0.383 e. The third-order valence-electron chi connectivity index (χ3n) is 6.57. The highest BCUT2D eigenvalue weighted by Gasteiger charge is 2.41. The largest absolute Gasteiger partial charge is 0.383 e. The number of ether oxygens (including phenoxy) is 1. The topological polar surface area (TPSA) is 99.7 Å². The van der Waals surface area contributed by atoms with E-state index in [1.165, 1.54) is 12.8 Å². The molecular weight excluding hydrogens is 432 g/mol. The van der Waals surface area contributed by atoms with E-state index >= 15 is 0 Å². The Bertz CT molecular complexity index is 1050. The van der Waals surface area contributed by atoms with Crippen molar-refractivity contribution in [2.45, 2.75) is 45.6 Å². The van der Waals surface area contributed by atoms with Crippen LogP contribution in [0.4, 0.5) is 23.1 Å². The molecule has 0 saturated heterocycles. The number of carbonyl (C=O) groups excluding carboxylic acids is 2. The van der Waals surface area contributed by atoms with E-state index < -0.39 is 5.41 Å². The van der Waals surface area contributed by atoms with Crippen LogP contribution in [0.25, 0.3) is 0 Å². The first-order chi connectivity index (χ1) is 16.3. The van der Waals surface area contributed by atoms with Crippen LogP contribution >= 0.6 is 0 Å². The predicted molar refractivity (Wildman–Crippen MR) is 133 cm³/mol. The second-order valence-corrected chi connectivity index (χ2v) is 9.67. The SMILES string of the molecule is COCCNC(=O)c1cccc(Nc2ncc3c(n2)N(C2CCCC2)CC(C)(C)C(=O)N3C)c1.